The van der Waals surface area contributed by atoms with Crippen LogP contribution in [0.25, 0.3) is 21.9 Å². The van der Waals surface area contributed by atoms with Gasteiger partial charge >= 0.3 is 0 Å². The molecule has 4 aromatic rings. The van der Waals surface area contributed by atoms with Crippen LogP contribution in [-0.4, -0.2) is 6.61 Å². The van der Waals surface area contributed by atoms with Crippen molar-refractivity contribution in [3.63, 3.8) is 0 Å². The molecular formula is C28H24F4O. The van der Waals surface area contributed by atoms with Gasteiger partial charge in [-0.05, 0) is 59.5 Å². The van der Waals surface area contributed by atoms with Gasteiger partial charge in [-0.25, -0.2) is 17.6 Å². The second-order valence-corrected chi connectivity index (χ2v) is 8.06. The average molecular weight is 452 g/mol. The maximum absolute atomic E-state index is 15.1. The van der Waals surface area contributed by atoms with Gasteiger partial charge in [0.05, 0.1) is 12.2 Å². The maximum Gasteiger partial charge on any atom is 0.137 e. The minimum absolute atomic E-state index is 0.153. The quantitative estimate of drug-likeness (QED) is 0.194. The van der Waals surface area contributed by atoms with Gasteiger partial charge in [0.1, 0.15) is 29.0 Å². The molecule has 4 aromatic carbocycles. The summed E-state index contributed by atoms with van der Waals surface area (Å²) in [6.07, 6.45) is 2.75. The van der Waals surface area contributed by atoms with Gasteiger partial charge < -0.3 is 4.74 Å². The summed E-state index contributed by atoms with van der Waals surface area (Å²) in [5.41, 5.74) is 1.61. The highest BCUT2D eigenvalue weighted by molar-refractivity contribution is 5.88. The van der Waals surface area contributed by atoms with Crippen LogP contribution in [-0.2, 0) is 12.8 Å². The molecule has 0 aliphatic heterocycles. The van der Waals surface area contributed by atoms with Gasteiger partial charge in [-0.2, -0.15) is 0 Å². The van der Waals surface area contributed by atoms with Gasteiger partial charge in [0.15, 0.2) is 0 Å². The Hall–Kier alpha value is -3.34. The molecule has 0 fully saturated rings. The van der Waals surface area contributed by atoms with Crippen LogP contribution in [0, 0.1) is 23.3 Å². The first-order chi connectivity index (χ1) is 16.0. The fraction of sp³-hybridized carbons (Fsp3) is 0.214. The fourth-order valence-corrected chi connectivity index (χ4v) is 3.86. The summed E-state index contributed by atoms with van der Waals surface area (Å²) >= 11 is 0. The minimum Gasteiger partial charge on any atom is -0.493 e. The zero-order valence-corrected chi connectivity index (χ0v) is 18.3. The van der Waals surface area contributed by atoms with Gasteiger partial charge in [0.25, 0.3) is 0 Å². The predicted octanol–water partition coefficient (Wildman–Crippen LogP) is 8.03. The van der Waals surface area contributed by atoms with E-state index in [2.05, 4.69) is 0 Å². The van der Waals surface area contributed by atoms with Crippen LogP contribution in [0.3, 0.4) is 0 Å². The van der Waals surface area contributed by atoms with Crippen molar-refractivity contribution < 1.29 is 22.3 Å². The number of unbranched alkanes of at least 4 members (excludes halogenated alkanes) is 1. The molecular weight excluding hydrogens is 428 g/mol. The van der Waals surface area contributed by atoms with E-state index in [0.717, 1.165) is 18.4 Å². The lowest BCUT2D eigenvalue weighted by Gasteiger charge is -2.12. The molecule has 0 saturated carbocycles. The molecule has 0 bridgehead atoms. The Morgan fingerprint density at radius 3 is 2.18 bits per heavy atom. The van der Waals surface area contributed by atoms with Gasteiger partial charge in [-0.3, -0.25) is 0 Å². The molecule has 0 unspecified atom stereocenters. The van der Waals surface area contributed by atoms with Crippen LogP contribution < -0.4 is 4.74 Å². The van der Waals surface area contributed by atoms with Crippen molar-refractivity contribution in [3.8, 4) is 16.9 Å². The fourth-order valence-electron chi connectivity index (χ4n) is 3.86. The Kier molecular flexibility index (Phi) is 6.97. The molecule has 0 aliphatic rings. The van der Waals surface area contributed by atoms with Gasteiger partial charge in [0, 0.05) is 17.5 Å². The van der Waals surface area contributed by atoms with Gasteiger partial charge in [0.2, 0.25) is 0 Å². The number of hydrogen-bond donors (Lipinski definition) is 0. The highest BCUT2D eigenvalue weighted by atomic mass is 19.1. The molecule has 0 amide bonds. The largest absolute Gasteiger partial charge is 0.493 e. The summed E-state index contributed by atoms with van der Waals surface area (Å²) in [6, 6.07) is 16.6. The molecule has 5 heteroatoms. The number of benzene rings is 4. The summed E-state index contributed by atoms with van der Waals surface area (Å²) < 4.78 is 63.0. The lowest BCUT2D eigenvalue weighted by Crippen LogP contribution is -1.99. The van der Waals surface area contributed by atoms with Crippen LogP contribution in [0.15, 0.2) is 66.7 Å². The van der Waals surface area contributed by atoms with E-state index in [1.807, 2.05) is 6.92 Å². The van der Waals surface area contributed by atoms with Crippen LogP contribution in [0.4, 0.5) is 17.6 Å². The normalized spacial score (nSPS) is 11.2. The number of rotatable bonds is 8. The van der Waals surface area contributed by atoms with Crippen LogP contribution in [0.1, 0.15) is 30.9 Å². The first kappa shape index (κ1) is 22.8. The second kappa shape index (κ2) is 10.1. The van der Waals surface area contributed by atoms with Crippen LogP contribution in [0.5, 0.6) is 5.75 Å². The van der Waals surface area contributed by atoms with E-state index in [1.165, 1.54) is 30.3 Å². The van der Waals surface area contributed by atoms with Crippen molar-refractivity contribution in [1.29, 1.82) is 0 Å². The number of fused-ring (bicyclic) bond motifs is 1. The molecule has 0 N–H and O–H groups in total. The standard InChI is InChI=1S/C28H24F4O/c1-2-3-14-33-23-16-25(30)27(26(31)17-23)21-10-13-24-20(15-21)9-8-19(28(24)32)7-4-18-5-11-22(29)12-6-18/h5-6,8-13,15-17H,2-4,7,14H2,1H3. The molecule has 1 nitrogen and oxygen atoms in total. The lowest BCUT2D eigenvalue weighted by molar-refractivity contribution is 0.306. The third-order valence-corrected chi connectivity index (χ3v) is 5.70. The summed E-state index contributed by atoms with van der Waals surface area (Å²) in [5, 5.41) is 0.938. The highest BCUT2D eigenvalue weighted by Gasteiger charge is 2.16. The second-order valence-electron chi connectivity index (χ2n) is 8.06. The highest BCUT2D eigenvalue weighted by Crippen LogP contribution is 2.33. The Labute approximate surface area is 190 Å². The number of aryl methyl sites for hydroxylation is 2. The topological polar surface area (TPSA) is 9.23 Å². The van der Waals surface area contributed by atoms with Gasteiger partial charge in [-0.15, -0.1) is 0 Å². The van der Waals surface area contributed by atoms with E-state index >= 15 is 4.39 Å². The summed E-state index contributed by atoms with van der Waals surface area (Å²) in [4.78, 5) is 0. The summed E-state index contributed by atoms with van der Waals surface area (Å²) in [7, 11) is 0. The smallest absolute Gasteiger partial charge is 0.137 e. The first-order valence-electron chi connectivity index (χ1n) is 11.0. The predicted molar refractivity (Wildman–Crippen MR) is 123 cm³/mol. The maximum atomic E-state index is 15.1. The van der Waals surface area contributed by atoms with E-state index < -0.39 is 11.6 Å². The van der Waals surface area contributed by atoms with E-state index in [9.17, 15) is 13.2 Å². The molecule has 170 valence electrons. The zero-order valence-electron chi connectivity index (χ0n) is 18.3. The zero-order chi connectivity index (χ0) is 23.4. The van der Waals surface area contributed by atoms with E-state index in [0.29, 0.717) is 41.3 Å². The minimum atomic E-state index is -0.725. The molecule has 4 rings (SSSR count). The summed E-state index contributed by atoms with van der Waals surface area (Å²) in [5.74, 6) is -1.96. The number of halogens is 4. The lowest BCUT2D eigenvalue weighted by atomic mass is 9.96. The van der Waals surface area contributed by atoms with Crippen molar-refractivity contribution in [3.05, 3.63) is 101 Å². The first-order valence-corrected chi connectivity index (χ1v) is 11.0. The van der Waals surface area contributed by atoms with Crippen molar-refractivity contribution >= 4 is 10.8 Å². The molecule has 0 aromatic heterocycles. The Morgan fingerprint density at radius 2 is 1.48 bits per heavy atom. The van der Waals surface area contributed by atoms with E-state index in [4.69, 9.17) is 4.74 Å². The Balaban J connectivity index is 1.58. The molecule has 0 atom stereocenters. The summed E-state index contributed by atoms with van der Waals surface area (Å²) in [6.45, 7) is 2.40. The molecule has 0 spiro atoms. The molecule has 0 radical (unpaired) electrons. The van der Waals surface area contributed by atoms with E-state index in [-0.39, 0.29) is 22.9 Å². The van der Waals surface area contributed by atoms with Gasteiger partial charge in [-0.1, -0.05) is 49.7 Å². The third kappa shape index (κ3) is 5.19. The van der Waals surface area contributed by atoms with Crippen molar-refractivity contribution in [2.75, 3.05) is 6.61 Å². The van der Waals surface area contributed by atoms with Crippen molar-refractivity contribution in [1.82, 2.24) is 0 Å². The molecule has 0 saturated heterocycles. The number of hydrogen-bond acceptors (Lipinski definition) is 1. The van der Waals surface area contributed by atoms with Crippen LogP contribution in [0.2, 0.25) is 0 Å². The monoisotopic (exact) mass is 452 g/mol. The van der Waals surface area contributed by atoms with Crippen LogP contribution >= 0.6 is 0 Å². The van der Waals surface area contributed by atoms with Crippen molar-refractivity contribution in [2.45, 2.75) is 32.6 Å². The molecule has 0 aliphatic carbocycles. The SMILES string of the molecule is CCCCOc1cc(F)c(-c2ccc3c(F)c(CCc4ccc(F)cc4)ccc3c2)c(F)c1. The third-order valence-electron chi connectivity index (χ3n) is 5.70. The Morgan fingerprint density at radius 1 is 0.758 bits per heavy atom. The average Bonchev–Trinajstić information content (AvgIpc) is 2.79. The van der Waals surface area contributed by atoms with E-state index in [1.54, 1.807) is 36.4 Å². The Bertz CT molecular complexity index is 1240. The van der Waals surface area contributed by atoms with Crippen molar-refractivity contribution in [2.24, 2.45) is 0 Å². The number of ether oxygens (including phenoxy) is 1. The molecule has 33 heavy (non-hydrogen) atoms. The molecule has 0 heterocycles.